The van der Waals surface area contributed by atoms with E-state index in [4.69, 9.17) is 23.5 Å². The van der Waals surface area contributed by atoms with Crippen molar-refractivity contribution in [3.05, 3.63) is 12.2 Å². The van der Waals surface area contributed by atoms with E-state index in [0.717, 1.165) is 38.5 Å². The van der Waals surface area contributed by atoms with Crippen LogP contribution in [0.15, 0.2) is 12.2 Å². The number of carbonyl (C=O) groups excluding carboxylic acids is 1. The molecular formula is C45H86O12S. The first-order valence-corrected chi connectivity index (χ1v) is 24.8. The molecule has 0 aromatic heterocycles. The van der Waals surface area contributed by atoms with Gasteiger partial charge >= 0.3 is 16.4 Å². The van der Waals surface area contributed by atoms with Crippen molar-refractivity contribution in [3.63, 3.8) is 0 Å². The predicted molar refractivity (Wildman–Crippen MR) is 230 cm³/mol. The SMILES string of the molecule is CCCCCCCC/C=C\CCCCCCCCCCCCOCC(COC1OC(CO)C(O)C(OS(=O)(=O)O)C1O)OC(=O)CCCCCCCCCCCCC. The number of esters is 1. The second-order valence-electron chi connectivity index (χ2n) is 16.4. The van der Waals surface area contributed by atoms with Crippen molar-refractivity contribution < 1.29 is 56.2 Å². The summed E-state index contributed by atoms with van der Waals surface area (Å²) < 4.78 is 59.0. The summed E-state index contributed by atoms with van der Waals surface area (Å²) in [5.74, 6) is -0.398. The average molecular weight is 851 g/mol. The second-order valence-corrected chi connectivity index (χ2v) is 17.4. The van der Waals surface area contributed by atoms with Crippen molar-refractivity contribution in [1.29, 1.82) is 0 Å². The summed E-state index contributed by atoms with van der Waals surface area (Å²) in [5.41, 5.74) is 0. The molecule has 0 amide bonds. The molecule has 1 heterocycles. The van der Waals surface area contributed by atoms with Gasteiger partial charge in [0.2, 0.25) is 0 Å². The quantitative estimate of drug-likeness (QED) is 0.0198. The molecule has 12 nitrogen and oxygen atoms in total. The van der Waals surface area contributed by atoms with E-state index in [1.54, 1.807) is 0 Å². The number of aliphatic hydroxyl groups excluding tert-OH is 3. The lowest BCUT2D eigenvalue weighted by Crippen LogP contribution is -2.60. The molecule has 0 radical (unpaired) electrons. The number of ether oxygens (including phenoxy) is 4. The topological polar surface area (TPSA) is 178 Å². The fourth-order valence-electron chi connectivity index (χ4n) is 7.32. The molecule has 344 valence electrons. The predicted octanol–water partition coefficient (Wildman–Crippen LogP) is 9.86. The summed E-state index contributed by atoms with van der Waals surface area (Å²) in [5, 5.41) is 30.6. The van der Waals surface area contributed by atoms with Gasteiger partial charge in [-0.15, -0.1) is 0 Å². The molecule has 0 saturated carbocycles. The smallest absolute Gasteiger partial charge is 0.397 e. The highest BCUT2D eigenvalue weighted by Gasteiger charge is 2.48. The molecule has 1 aliphatic heterocycles. The molecule has 0 bridgehead atoms. The van der Waals surface area contributed by atoms with E-state index < -0.39 is 59.8 Å². The highest BCUT2D eigenvalue weighted by atomic mass is 32.3. The summed E-state index contributed by atoms with van der Waals surface area (Å²) in [6.45, 7) is 4.00. The maximum absolute atomic E-state index is 12.8. The van der Waals surface area contributed by atoms with Crippen LogP contribution in [-0.2, 0) is 38.3 Å². The van der Waals surface area contributed by atoms with Crippen molar-refractivity contribution >= 4 is 16.4 Å². The van der Waals surface area contributed by atoms with E-state index in [1.807, 2.05) is 0 Å². The number of rotatable bonds is 41. The van der Waals surface area contributed by atoms with Gasteiger partial charge in [0, 0.05) is 13.0 Å². The molecule has 1 saturated heterocycles. The second kappa shape index (κ2) is 37.6. The van der Waals surface area contributed by atoms with Crippen molar-refractivity contribution in [2.24, 2.45) is 0 Å². The number of aliphatic hydroxyl groups is 3. The Hall–Kier alpha value is -1.16. The first-order chi connectivity index (χ1) is 28.1. The van der Waals surface area contributed by atoms with Crippen LogP contribution in [0, 0.1) is 0 Å². The minimum Gasteiger partial charge on any atom is -0.457 e. The summed E-state index contributed by atoms with van der Waals surface area (Å²) in [7, 11) is -5.06. The molecule has 0 aliphatic carbocycles. The molecule has 0 aromatic carbocycles. The summed E-state index contributed by atoms with van der Waals surface area (Å²) in [6.07, 6.45) is 31.1. The number of carbonyl (C=O) groups is 1. The molecule has 13 heteroatoms. The summed E-state index contributed by atoms with van der Waals surface area (Å²) in [6, 6.07) is 0. The number of unbranched alkanes of at least 4 members (excludes halogenated alkanes) is 26. The zero-order valence-corrected chi connectivity index (χ0v) is 37.4. The summed E-state index contributed by atoms with van der Waals surface area (Å²) >= 11 is 0. The van der Waals surface area contributed by atoms with E-state index in [2.05, 4.69) is 30.2 Å². The Labute approximate surface area is 353 Å². The summed E-state index contributed by atoms with van der Waals surface area (Å²) in [4.78, 5) is 12.8. The van der Waals surface area contributed by atoms with Crippen LogP contribution < -0.4 is 0 Å². The minimum absolute atomic E-state index is 0.0404. The van der Waals surface area contributed by atoms with E-state index in [1.165, 1.54) is 141 Å². The molecular weight excluding hydrogens is 765 g/mol. The molecule has 6 atom stereocenters. The van der Waals surface area contributed by atoms with Gasteiger partial charge in [0.05, 0.1) is 19.8 Å². The molecule has 1 aliphatic rings. The molecule has 4 N–H and O–H groups in total. The molecule has 6 unspecified atom stereocenters. The Kier molecular flexibility index (Phi) is 35.6. The van der Waals surface area contributed by atoms with Crippen LogP contribution in [0.3, 0.4) is 0 Å². The van der Waals surface area contributed by atoms with Crippen LogP contribution in [0.1, 0.15) is 206 Å². The molecule has 0 spiro atoms. The zero-order valence-electron chi connectivity index (χ0n) is 36.6. The Morgan fingerprint density at radius 2 is 1.09 bits per heavy atom. The molecule has 1 fully saturated rings. The fourth-order valence-corrected chi connectivity index (χ4v) is 7.82. The lowest BCUT2D eigenvalue weighted by molar-refractivity contribution is -0.301. The zero-order chi connectivity index (χ0) is 42.5. The number of hydrogen-bond acceptors (Lipinski definition) is 11. The fraction of sp³-hybridized carbons (Fsp3) is 0.933. The van der Waals surface area contributed by atoms with Crippen molar-refractivity contribution in [3.8, 4) is 0 Å². The van der Waals surface area contributed by atoms with Gasteiger partial charge in [-0.05, 0) is 38.5 Å². The van der Waals surface area contributed by atoms with Gasteiger partial charge in [0.1, 0.15) is 30.5 Å². The highest BCUT2D eigenvalue weighted by molar-refractivity contribution is 7.80. The lowest BCUT2D eigenvalue weighted by atomic mass is 9.99. The third-order valence-corrected chi connectivity index (χ3v) is 11.4. The van der Waals surface area contributed by atoms with Crippen molar-refractivity contribution in [1.82, 2.24) is 0 Å². The first-order valence-electron chi connectivity index (χ1n) is 23.4. The average Bonchev–Trinajstić information content (AvgIpc) is 3.19. The molecule has 58 heavy (non-hydrogen) atoms. The van der Waals surface area contributed by atoms with Crippen molar-refractivity contribution in [2.75, 3.05) is 26.4 Å². The van der Waals surface area contributed by atoms with Gasteiger partial charge in [-0.25, -0.2) is 4.18 Å². The highest BCUT2D eigenvalue weighted by Crippen LogP contribution is 2.26. The van der Waals surface area contributed by atoms with Crippen LogP contribution >= 0.6 is 0 Å². The van der Waals surface area contributed by atoms with E-state index in [-0.39, 0.29) is 19.6 Å². The maximum Gasteiger partial charge on any atom is 0.397 e. The van der Waals surface area contributed by atoms with Gasteiger partial charge in [-0.2, -0.15) is 8.42 Å². The molecule has 1 rings (SSSR count). The third-order valence-electron chi connectivity index (χ3n) is 10.9. The number of allylic oxidation sites excluding steroid dienone is 2. The van der Waals surface area contributed by atoms with Gasteiger partial charge in [-0.3, -0.25) is 9.35 Å². The van der Waals surface area contributed by atoms with E-state index in [0.29, 0.717) is 13.0 Å². The van der Waals surface area contributed by atoms with E-state index >= 15 is 0 Å². The van der Waals surface area contributed by atoms with Crippen LogP contribution in [0.5, 0.6) is 0 Å². The Balaban J connectivity index is 2.36. The van der Waals surface area contributed by atoms with Gasteiger partial charge in [0.25, 0.3) is 0 Å². The lowest BCUT2D eigenvalue weighted by Gasteiger charge is -2.41. The Morgan fingerprint density at radius 3 is 1.55 bits per heavy atom. The molecule has 0 aromatic rings. The Morgan fingerprint density at radius 1 is 0.638 bits per heavy atom. The van der Waals surface area contributed by atoms with Gasteiger partial charge in [-0.1, -0.05) is 174 Å². The number of hydrogen-bond donors (Lipinski definition) is 4. The van der Waals surface area contributed by atoms with Gasteiger partial charge in [0.15, 0.2) is 6.29 Å². The Bertz CT molecular complexity index is 1070. The first kappa shape index (κ1) is 54.9. The standard InChI is InChI=1S/C45H86O12S/c1-3-5-7-9-11-13-15-16-17-18-19-20-21-22-23-25-27-29-31-33-35-53-37-39(55-41(47)34-32-30-28-26-24-14-12-10-8-6-4-2)38-54-45-43(49)44(57-58(50,51)52)42(48)40(36-46)56-45/h16-17,39-40,42-46,48-49H,3-15,18-38H2,1-2H3,(H,50,51,52)/b17-16-. The third kappa shape index (κ3) is 30.8. The van der Waals surface area contributed by atoms with Crippen LogP contribution in [0.4, 0.5) is 0 Å². The maximum atomic E-state index is 12.8. The largest absolute Gasteiger partial charge is 0.457 e. The van der Waals surface area contributed by atoms with Crippen LogP contribution in [0.2, 0.25) is 0 Å². The minimum atomic E-state index is -5.06. The van der Waals surface area contributed by atoms with Crippen LogP contribution in [-0.4, -0.2) is 97.5 Å². The normalized spacial score (nSPS) is 20.6. The van der Waals surface area contributed by atoms with Gasteiger partial charge < -0.3 is 34.3 Å². The van der Waals surface area contributed by atoms with E-state index in [9.17, 15) is 28.5 Å². The van der Waals surface area contributed by atoms with Crippen molar-refractivity contribution in [2.45, 2.75) is 243 Å². The van der Waals surface area contributed by atoms with Crippen LogP contribution in [0.25, 0.3) is 0 Å². The monoisotopic (exact) mass is 851 g/mol.